The number of morpholine rings is 1. The summed E-state index contributed by atoms with van der Waals surface area (Å²) in [6, 6.07) is 6.61. The summed E-state index contributed by atoms with van der Waals surface area (Å²) in [5.41, 5.74) is 0.746. The lowest BCUT2D eigenvalue weighted by atomic mass is 10.2. The number of thioether (sulfide) groups is 1. The fourth-order valence-electron chi connectivity index (χ4n) is 3.62. The molecular formula is C20H27N5O5S2. The maximum absolute atomic E-state index is 12.8. The molecule has 0 spiro atoms. The van der Waals surface area contributed by atoms with E-state index in [1.807, 2.05) is 7.05 Å². The first-order valence-electron chi connectivity index (χ1n) is 10.5. The second kappa shape index (κ2) is 10.3. The van der Waals surface area contributed by atoms with E-state index in [4.69, 9.17) is 9.47 Å². The van der Waals surface area contributed by atoms with Crippen molar-refractivity contribution in [3.05, 3.63) is 24.3 Å². The van der Waals surface area contributed by atoms with Crippen LogP contribution in [0.1, 0.15) is 12.8 Å². The van der Waals surface area contributed by atoms with Crippen LogP contribution < -0.4 is 5.32 Å². The highest BCUT2D eigenvalue weighted by atomic mass is 32.2. The highest BCUT2D eigenvalue weighted by Gasteiger charge is 2.26. The molecule has 3 heterocycles. The Balaban J connectivity index is 1.36. The number of sulfonamides is 1. The zero-order valence-corrected chi connectivity index (χ0v) is 19.5. The summed E-state index contributed by atoms with van der Waals surface area (Å²) in [6.45, 7) is 2.82. The number of amides is 1. The van der Waals surface area contributed by atoms with Crippen molar-refractivity contribution in [2.45, 2.75) is 29.0 Å². The number of nitrogens with one attached hydrogen (secondary N) is 1. The van der Waals surface area contributed by atoms with Gasteiger partial charge in [-0.05, 0) is 37.1 Å². The van der Waals surface area contributed by atoms with Crippen LogP contribution in [0.25, 0.3) is 11.4 Å². The molecule has 0 saturated carbocycles. The van der Waals surface area contributed by atoms with Gasteiger partial charge in [-0.2, -0.15) is 4.31 Å². The van der Waals surface area contributed by atoms with Gasteiger partial charge in [0, 0.05) is 38.9 Å². The second-order valence-electron chi connectivity index (χ2n) is 7.63. The van der Waals surface area contributed by atoms with Gasteiger partial charge >= 0.3 is 0 Å². The number of benzene rings is 1. The summed E-state index contributed by atoms with van der Waals surface area (Å²) >= 11 is 1.30. The molecule has 4 rings (SSSR count). The van der Waals surface area contributed by atoms with Crippen molar-refractivity contribution in [3.63, 3.8) is 0 Å². The fraction of sp³-hybridized carbons (Fsp3) is 0.550. The van der Waals surface area contributed by atoms with Crippen LogP contribution in [0.2, 0.25) is 0 Å². The van der Waals surface area contributed by atoms with Gasteiger partial charge in [0.2, 0.25) is 15.9 Å². The fourth-order valence-corrected chi connectivity index (χ4v) is 5.77. The van der Waals surface area contributed by atoms with Crippen LogP contribution in [0.5, 0.6) is 0 Å². The molecule has 2 aromatic rings. The van der Waals surface area contributed by atoms with E-state index in [9.17, 15) is 13.2 Å². The Morgan fingerprint density at radius 1 is 1.19 bits per heavy atom. The van der Waals surface area contributed by atoms with Gasteiger partial charge in [-0.1, -0.05) is 11.8 Å². The van der Waals surface area contributed by atoms with E-state index in [1.165, 1.54) is 16.1 Å². The average molecular weight is 482 g/mol. The molecule has 174 valence electrons. The summed E-state index contributed by atoms with van der Waals surface area (Å²) in [6.07, 6.45) is 2.13. The van der Waals surface area contributed by atoms with Crippen LogP contribution in [0, 0.1) is 0 Å². The molecule has 1 aromatic heterocycles. The first-order chi connectivity index (χ1) is 15.4. The Labute approximate surface area is 191 Å². The van der Waals surface area contributed by atoms with Gasteiger partial charge in [-0.3, -0.25) is 4.79 Å². The van der Waals surface area contributed by atoms with Crippen molar-refractivity contribution < 1.29 is 22.7 Å². The van der Waals surface area contributed by atoms with Crippen LogP contribution in [-0.2, 0) is 31.3 Å². The number of carbonyl (C=O) groups is 1. The molecule has 1 aromatic carbocycles. The van der Waals surface area contributed by atoms with E-state index in [1.54, 1.807) is 28.8 Å². The third kappa shape index (κ3) is 5.31. The lowest BCUT2D eigenvalue weighted by Gasteiger charge is -2.26. The van der Waals surface area contributed by atoms with E-state index in [-0.39, 0.29) is 22.7 Å². The number of aromatic nitrogens is 3. The molecule has 12 heteroatoms. The molecule has 1 atom stereocenters. The molecule has 2 saturated heterocycles. The predicted octanol–water partition coefficient (Wildman–Crippen LogP) is 0.890. The Hall–Kier alpha value is -1.99. The third-order valence-corrected chi connectivity index (χ3v) is 8.37. The van der Waals surface area contributed by atoms with E-state index in [0.717, 1.165) is 25.0 Å². The van der Waals surface area contributed by atoms with Crippen molar-refractivity contribution in [3.8, 4) is 11.4 Å². The van der Waals surface area contributed by atoms with Crippen LogP contribution >= 0.6 is 11.8 Å². The van der Waals surface area contributed by atoms with Gasteiger partial charge in [0.25, 0.3) is 0 Å². The normalized spacial score (nSPS) is 19.8. The summed E-state index contributed by atoms with van der Waals surface area (Å²) in [4.78, 5) is 12.3. The Bertz CT molecular complexity index is 1030. The van der Waals surface area contributed by atoms with Crippen LogP contribution in [0.3, 0.4) is 0 Å². The summed E-state index contributed by atoms with van der Waals surface area (Å²) in [5, 5.41) is 11.9. The number of hydrogen-bond donors (Lipinski definition) is 1. The molecule has 2 aliphatic heterocycles. The monoisotopic (exact) mass is 481 g/mol. The van der Waals surface area contributed by atoms with Crippen molar-refractivity contribution in [2.24, 2.45) is 7.05 Å². The number of hydrogen-bond acceptors (Lipinski definition) is 8. The van der Waals surface area contributed by atoms with E-state index in [2.05, 4.69) is 15.5 Å². The molecule has 2 fully saturated rings. The van der Waals surface area contributed by atoms with Crippen molar-refractivity contribution in [2.75, 3.05) is 45.2 Å². The largest absolute Gasteiger partial charge is 0.379 e. The molecule has 2 aliphatic rings. The Morgan fingerprint density at radius 3 is 2.62 bits per heavy atom. The number of ether oxygens (including phenoxy) is 2. The minimum absolute atomic E-state index is 0.0762. The molecule has 10 nitrogen and oxygen atoms in total. The van der Waals surface area contributed by atoms with Gasteiger partial charge in [0.05, 0.1) is 30.0 Å². The van der Waals surface area contributed by atoms with E-state index < -0.39 is 10.0 Å². The molecule has 0 aliphatic carbocycles. The third-order valence-electron chi connectivity index (χ3n) is 5.44. The summed E-state index contributed by atoms with van der Waals surface area (Å²) in [7, 11) is -1.72. The quantitative estimate of drug-likeness (QED) is 0.553. The lowest BCUT2D eigenvalue weighted by molar-refractivity contribution is -0.119. The second-order valence-corrected chi connectivity index (χ2v) is 10.5. The summed E-state index contributed by atoms with van der Waals surface area (Å²) < 4.78 is 39.5. The molecule has 0 radical (unpaired) electrons. The molecule has 1 unspecified atom stereocenters. The Morgan fingerprint density at radius 2 is 1.94 bits per heavy atom. The smallest absolute Gasteiger partial charge is 0.243 e. The standard InChI is InChI=1S/C20H27N5O5S2/c1-24-19(22-23-20(24)31-14-18(26)21-13-16-3-2-10-30-16)15-4-6-17(7-5-15)32(27,28)25-8-11-29-12-9-25/h4-7,16H,2-3,8-14H2,1H3,(H,21,26). The minimum Gasteiger partial charge on any atom is -0.379 e. The van der Waals surface area contributed by atoms with E-state index >= 15 is 0 Å². The van der Waals surface area contributed by atoms with Gasteiger partial charge < -0.3 is 19.4 Å². The van der Waals surface area contributed by atoms with Crippen LogP contribution in [0.4, 0.5) is 0 Å². The average Bonchev–Trinajstić information content (AvgIpc) is 3.47. The zero-order valence-electron chi connectivity index (χ0n) is 17.9. The first-order valence-corrected chi connectivity index (χ1v) is 13.0. The van der Waals surface area contributed by atoms with Gasteiger partial charge in [-0.25, -0.2) is 8.42 Å². The van der Waals surface area contributed by atoms with Crippen molar-refractivity contribution in [1.82, 2.24) is 24.4 Å². The number of carbonyl (C=O) groups excluding carboxylic acids is 1. The molecule has 1 N–H and O–H groups in total. The van der Waals surface area contributed by atoms with Crippen molar-refractivity contribution in [1.29, 1.82) is 0 Å². The maximum atomic E-state index is 12.8. The van der Waals surface area contributed by atoms with Crippen LogP contribution in [-0.4, -0.2) is 84.7 Å². The topological polar surface area (TPSA) is 116 Å². The zero-order chi connectivity index (χ0) is 22.6. The first kappa shape index (κ1) is 23.2. The SMILES string of the molecule is Cn1c(SCC(=O)NCC2CCCO2)nnc1-c1ccc(S(=O)(=O)N2CCOCC2)cc1. The van der Waals surface area contributed by atoms with Crippen LogP contribution in [0.15, 0.2) is 34.3 Å². The molecular weight excluding hydrogens is 454 g/mol. The Kier molecular flexibility index (Phi) is 7.46. The summed E-state index contributed by atoms with van der Waals surface area (Å²) in [5.74, 6) is 0.755. The predicted molar refractivity (Wildman–Crippen MR) is 119 cm³/mol. The number of rotatable bonds is 8. The lowest BCUT2D eigenvalue weighted by Crippen LogP contribution is -2.40. The molecule has 0 bridgehead atoms. The molecule has 32 heavy (non-hydrogen) atoms. The highest BCUT2D eigenvalue weighted by molar-refractivity contribution is 7.99. The number of nitrogens with zero attached hydrogens (tertiary/aromatic N) is 4. The van der Waals surface area contributed by atoms with Crippen molar-refractivity contribution >= 4 is 27.7 Å². The van der Waals surface area contributed by atoms with Gasteiger partial charge in [0.1, 0.15) is 0 Å². The molecule has 1 amide bonds. The van der Waals surface area contributed by atoms with Gasteiger partial charge in [0.15, 0.2) is 11.0 Å². The van der Waals surface area contributed by atoms with Gasteiger partial charge in [-0.15, -0.1) is 10.2 Å². The maximum Gasteiger partial charge on any atom is 0.243 e. The van der Waals surface area contributed by atoms with E-state index in [0.29, 0.717) is 43.8 Å². The minimum atomic E-state index is -3.54. The highest BCUT2D eigenvalue weighted by Crippen LogP contribution is 2.25.